The van der Waals surface area contributed by atoms with E-state index in [0.717, 1.165) is 11.1 Å². The Morgan fingerprint density at radius 1 is 0.905 bits per heavy atom. The second-order valence-electron chi connectivity index (χ2n) is 5.41. The topological polar surface area (TPSA) is 26.3 Å². The molecule has 2 nitrogen and oxygen atoms in total. The van der Waals surface area contributed by atoms with E-state index < -0.39 is 5.60 Å². The minimum Gasteiger partial charge on any atom is -0.456 e. The summed E-state index contributed by atoms with van der Waals surface area (Å²) in [5.74, 6) is 1.53. The lowest BCUT2D eigenvalue weighted by atomic mass is 10.00. The minimum absolute atomic E-state index is 0.285. The number of rotatable bonds is 2. The Bertz CT molecular complexity index is 571. The third kappa shape index (κ3) is 5.35. The third-order valence-electron chi connectivity index (χ3n) is 2.63. The molecule has 0 N–H and O–H groups in total. The number of esters is 1. The van der Waals surface area contributed by atoms with Gasteiger partial charge >= 0.3 is 5.97 Å². The van der Waals surface area contributed by atoms with Gasteiger partial charge in [-0.25, -0.2) is 4.79 Å². The number of hydrogen-bond acceptors (Lipinski definition) is 2. The van der Waals surface area contributed by atoms with Gasteiger partial charge in [0.1, 0.15) is 5.60 Å². The van der Waals surface area contributed by atoms with Gasteiger partial charge in [0.15, 0.2) is 0 Å². The highest BCUT2D eigenvalue weighted by atomic mass is 79.9. The highest BCUT2D eigenvalue weighted by molar-refractivity contribution is 9.08. The predicted molar refractivity (Wildman–Crippen MR) is 91.9 cm³/mol. The molecule has 0 amide bonds. The summed E-state index contributed by atoms with van der Waals surface area (Å²) < 4.78 is 5.45. The van der Waals surface area contributed by atoms with Gasteiger partial charge in [-0.2, -0.15) is 0 Å². The molecule has 0 aromatic heterocycles. The van der Waals surface area contributed by atoms with E-state index in [0.29, 0.717) is 5.56 Å². The first-order valence-electron chi connectivity index (χ1n) is 6.73. The molecule has 2 aromatic rings. The zero-order valence-electron chi connectivity index (χ0n) is 12.9. The fourth-order valence-electron chi connectivity index (χ4n) is 1.86. The Hall–Kier alpha value is -1.61. The SMILES string of the molecule is CBr.CC(C)(C)OC(=O)c1ccccc1-c1ccccc1. The van der Waals surface area contributed by atoms with Gasteiger partial charge < -0.3 is 4.74 Å². The number of alkyl halides is 1. The second-order valence-corrected chi connectivity index (χ2v) is 5.41. The summed E-state index contributed by atoms with van der Waals surface area (Å²) in [5, 5.41) is 0. The number of ether oxygens (including phenoxy) is 1. The first kappa shape index (κ1) is 17.4. The summed E-state index contributed by atoms with van der Waals surface area (Å²) in [6.45, 7) is 5.61. The molecule has 0 aliphatic rings. The maximum absolute atomic E-state index is 12.2. The summed E-state index contributed by atoms with van der Waals surface area (Å²) in [5.41, 5.74) is 2.03. The zero-order valence-corrected chi connectivity index (χ0v) is 14.5. The third-order valence-corrected chi connectivity index (χ3v) is 2.63. The van der Waals surface area contributed by atoms with Crippen molar-refractivity contribution >= 4 is 21.9 Å². The van der Waals surface area contributed by atoms with Gasteiger partial charge in [0.2, 0.25) is 0 Å². The molecule has 2 rings (SSSR count). The monoisotopic (exact) mass is 348 g/mol. The highest BCUT2D eigenvalue weighted by Gasteiger charge is 2.20. The van der Waals surface area contributed by atoms with E-state index in [4.69, 9.17) is 4.74 Å². The lowest BCUT2D eigenvalue weighted by molar-refractivity contribution is 0.00705. The molecule has 3 heteroatoms. The number of carbonyl (C=O) groups is 1. The van der Waals surface area contributed by atoms with E-state index in [9.17, 15) is 4.79 Å². The van der Waals surface area contributed by atoms with Crippen LogP contribution in [0.4, 0.5) is 0 Å². The first-order chi connectivity index (χ1) is 9.97. The molecule has 0 unspecified atom stereocenters. The molecule has 0 saturated heterocycles. The summed E-state index contributed by atoms with van der Waals surface area (Å²) in [4.78, 5) is 12.2. The van der Waals surface area contributed by atoms with Gasteiger partial charge in [-0.05, 0) is 43.8 Å². The van der Waals surface area contributed by atoms with Crippen LogP contribution < -0.4 is 0 Å². The van der Waals surface area contributed by atoms with Crippen molar-refractivity contribution in [3.05, 3.63) is 60.2 Å². The number of benzene rings is 2. The Morgan fingerprint density at radius 2 is 1.43 bits per heavy atom. The Labute approximate surface area is 135 Å². The molecule has 2 aromatic carbocycles. The lowest BCUT2D eigenvalue weighted by Crippen LogP contribution is -2.24. The Morgan fingerprint density at radius 3 is 2.00 bits per heavy atom. The smallest absolute Gasteiger partial charge is 0.339 e. The Balaban J connectivity index is 0.00000106. The molecule has 0 atom stereocenters. The van der Waals surface area contributed by atoms with Crippen molar-refractivity contribution in [2.24, 2.45) is 0 Å². The minimum atomic E-state index is -0.485. The normalized spacial score (nSPS) is 10.3. The average molecular weight is 349 g/mol. The molecule has 21 heavy (non-hydrogen) atoms. The van der Waals surface area contributed by atoms with E-state index in [1.54, 1.807) is 6.07 Å². The Kier molecular flexibility index (Phi) is 6.63. The van der Waals surface area contributed by atoms with Crippen LogP contribution in [-0.4, -0.2) is 17.4 Å². The number of halogens is 1. The van der Waals surface area contributed by atoms with E-state index in [2.05, 4.69) is 15.9 Å². The van der Waals surface area contributed by atoms with Crippen molar-refractivity contribution in [2.45, 2.75) is 26.4 Å². The van der Waals surface area contributed by atoms with Crippen LogP contribution in [0, 0.1) is 0 Å². The van der Waals surface area contributed by atoms with Crippen LogP contribution in [0.15, 0.2) is 54.6 Å². The summed E-state index contributed by atoms with van der Waals surface area (Å²) in [6.07, 6.45) is 0. The van der Waals surface area contributed by atoms with Crippen molar-refractivity contribution in [3.63, 3.8) is 0 Å². The van der Waals surface area contributed by atoms with Crippen LogP contribution in [0.3, 0.4) is 0 Å². The molecule has 0 spiro atoms. The maximum atomic E-state index is 12.2. The standard InChI is InChI=1S/C17H18O2.CH3Br/c1-17(2,3)19-16(18)15-12-8-7-11-14(15)13-9-5-4-6-10-13;1-2/h4-12H,1-3H3;1H3. The molecule has 0 radical (unpaired) electrons. The van der Waals surface area contributed by atoms with E-state index in [1.165, 1.54) is 0 Å². The number of carbonyl (C=O) groups excluding carboxylic acids is 1. The van der Waals surface area contributed by atoms with Crippen LogP contribution in [0.5, 0.6) is 0 Å². The highest BCUT2D eigenvalue weighted by Crippen LogP contribution is 2.25. The predicted octanol–water partition coefficient (Wildman–Crippen LogP) is 5.32. The van der Waals surface area contributed by atoms with Crippen LogP contribution in [0.2, 0.25) is 0 Å². The average Bonchev–Trinajstić information content (AvgIpc) is 2.48. The molecule has 112 valence electrons. The lowest BCUT2D eigenvalue weighted by Gasteiger charge is -2.20. The quantitative estimate of drug-likeness (QED) is 0.542. The van der Waals surface area contributed by atoms with Crippen molar-refractivity contribution in [1.82, 2.24) is 0 Å². The molecule has 0 saturated carbocycles. The molecule has 0 aliphatic heterocycles. The van der Waals surface area contributed by atoms with E-state index >= 15 is 0 Å². The van der Waals surface area contributed by atoms with Crippen LogP contribution in [-0.2, 0) is 4.74 Å². The number of hydrogen-bond donors (Lipinski definition) is 0. The van der Waals surface area contributed by atoms with Crippen LogP contribution in [0.1, 0.15) is 31.1 Å². The maximum Gasteiger partial charge on any atom is 0.339 e. The van der Waals surface area contributed by atoms with Gasteiger partial charge in [-0.15, -0.1) is 0 Å². The van der Waals surface area contributed by atoms with Crippen LogP contribution >= 0.6 is 15.9 Å². The zero-order chi connectivity index (χ0) is 15.9. The molecule has 0 aliphatic carbocycles. The van der Waals surface area contributed by atoms with E-state index in [1.807, 2.05) is 75.1 Å². The molecule has 0 fully saturated rings. The molecule has 0 heterocycles. The van der Waals surface area contributed by atoms with Crippen molar-refractivity contribution in [3.8, 4) is 11.1 Å². The largest absolute Gasteiger partial charge is 0.456 e. The van der Waals surface area contributed by atoms with E-state index in [-0.39, 0.29) is 5.97 Å². The molecular formula is C18H21BrO2. The van der Waals surface area contributed by atoms with Gasteiger partial charge in [0, 0.05) is 0 Å². The fourth-order valence-corrected chi connectivity index (χ4v) is 1.86. The van der Waals surface area contributed by atoms with Crippen molar-refractivity contribution in [2.75, 3.05) is 5.83 Å². The van der Waals surface area contributed by atoms with Gasteiger partial charge in [-0.3, -0.25) is 0 Å². The first-order valence-corrected chi connectivity index (χ1v) is 8.31. The van der Waals surface area contributed by atoms with Gasteiger partial charge in [-0.1, -0.05) is 64.5 Å². The molecular weight excluding hydrogens is 328 g/mol. The van der Waals surface area contributed by atoms with Gasteiger partial charge in [0.25, 0.3) is 0 Å². The van der Waals surface area contributed by atoms with Gasteiger partial charge in [0.05, 0.1) is 5.56 Å². The molecule has 0 bridgehead atoms. The van der Waals surface area contributed by atoms with Crippen molar-refractivity contribution in [1.29, 1.82) is 0 Å². The van der Waals surface area contributed by atoms with Crippen molar-refractivity contribution < 1.29 is 9.53 Å². The van der Waals surface area contributed by atoms with Crippen LogP contribution in [0.25, 0.3) is 11.1 Å². The fraction of sp³-hybridized carbons (Fsp3) is 0.278. The summed E-state index contributed by atoms with van der Waals surface area (Å²) in [7, 11) is 0. The summed E-state index contributed by atoms with van der Waals surface area (Å²) in [6, 6.07) is 17.4. The second kappa shape index (κ2) is 7.99. The summed E-state index contributed by atoms with van der Waals surface area (Å²) >= 11 is 2.94.